The zero-order valence-corrected chi connectivity index (χ0v) is 10.1. The number of carboxylic acid groups (broad SMARTS) is 1. The first kappa shape index (κ1) is 13.5. The number of carbonyl (C=O) groups is 2. The molecular formula is C11H10FN5O3. The Labute approximate surface area is 112 Å². The molecule has 0 saturated heterocycles. The lowest BCUT2D eigenvalue weighted by atomic mass is 10.2. The molecule has 0 bridgehead atoms. The lowest BCUT2D eigenvalue weighted by Crippen LogP contribution is -2.29. The minimum Gasteiger partial charge on any atom is -0.478 e. The average Bonchev–Trinajstić information content (AvgIpc) is 2.92. The third-order valence-electron chi connectivity index (χ3n) is 2.34. The van der Waals surface area contributed by atoms with Crippen LogP contribution in [0.3, 0.4) is 0 Å². The molecule has 2 aromatic rings. The fraction of sp³-hybridized carbons (Fsp3) is 0.0909. The quantitative estimate of drug-likeness (QED) is 0.664. The summed E-state index contributed by atoms with van der Waals surface area (Å²) in [5.74, 6) is -1.51. The predicted molar refractivity (Wildman–Crippen MR) is 65.6 cm³/mol. The average molecular weight is 279 g/mol. The Balaban J connectivity index is 2.00. The predicted octanol–water partition coefficient (Wildman–Crippen LogP) is 0.964. The molecular weight excluding hydrogens is 269 g/mol. The maximum Gasteiger partial charge on any atom is 0.335 e. The number of hydrogen-bond acceptors (Lipinski definition) is 4. The van der Waals surface area contributed by atoms with Crippen LogP contribution in [0.15, 0.2) is 24.5 Å². The van der Waals surface area contributed by atoms with Crippen molar-refractivity contribution in [2.75, 3.05) is 5.32 Å². The van der Waals surface area contributed by atoms with Crippen molar-refractivity contribution in [1.29, 1.82) is 0 Å². The summed E-state index contributed by atoms with van der Waals surface area (Å²) in [5, 5.41) is 19.6. The van der Waals surface area contributed by atoms with E-state index in [2.05, 4.69) is 25.8 Å². The minimum atomic E-state index is -1.21. The number of urea groups is 1. The Morgan fingerprint density at radius 3 is 2.85 bits per heavy atom. The summed E-state index contributed by atoms with van der Waals surface area (Å²) in [7, 11) is 0. The number of nitrogens with one attached hydrogen (secondary N) is 3. The summed E-state index contributed by atoms with van der Waals surface area (Å²) < 4.78 is 13.4. The van der Waals surface area contributed by atoms with Crippen LogP contribution in [0.25, 0.3) is 0 Å². The molecule has 9 heteroatoms. The van der Waals surface area contributed by atoms with Crippen LogP contribution in [0, 0.1) is 5.82 Å². The van der Waals surface area contributed by atoms with Crippen molar-refractivity contribution in [3.8, 4) is 0 Å². The normalized spacial score (nSPS) is 10.1. The Kier molecular flexibility index (Phi) is 3.89. The van der Waals surface area contributed by atoms with Crippen molar-refractivity contribution < 1.29 is 19.1 Å². The van der Waals surface area contributed by atoms with Gasteiger partial charge in [0.25, 0.3) is 0 Å². The second kappa shape index (κ2) is 5.78. The number of nitrogens with zero attached hydrogens (tertiary/aromatic N) is 2. The summed E-state index contributed by atoms with van der Waals surface area (Å²) in [4.78, 5) is 26.1. The van der Waals surface area contributed by atoms with Gasteiger partial charge in [-0.3, -0.25) is 5.10 Å². The SMILES string of the molecule is O=C(NCc1ncn[nH]1)Nc1cc(C(=O)O)ccc1F. The van der Waals surface area contributed by atoms with E-state index in [4.69, 9.17) is 5.11 Å². The number of rotatable bonds is 4. The number of H-pyrrole nitrogens is 1. The third kappa shape index (κ3) is 3.28. The maximum absolute atomic E-state index is 13.4. The smallest absolute Gasteiger partial charge is 0.335 e. The van der Waals surface area contributed by atoms with Crippen LogP contribution in [0.2, 0.25) is 0 Å². The molecule has 0 unspecified atom stereocenters. The number of anilines is 1. The molecule has 1 aromatic carbocycles. The molecule has 0 aliphatic carbocycles. The van der Waals surface area contributed by atoms with Crippen LogP contribution >= 0.6 is 0 Å². The number of aromatic carboxylic acids is 1. The van der Waals surface area contributed by atoms with Crippen molar-refractivity contribution in [2.45, 2.75) is 6.54 Å². The van der Waals surface area contributed by atoms with Gasteiger partial charge in [-0.15, -0.1) is 0 Å². The molecule has 104 valence electrons. The highest BCUT2D eigenvalue weighted by Crippen LogP contribution is 2.16. The van der Waals surface area contributed by atoms with E-state index < -0.39 is 17.8 Å². The van der Waals surface area contributed by atoms with Crippen LogP contribution in [0.1, 0.15) is 16.2 Å². The van der Waals surface area contributed by atoms with E-state index in [-0.39, 0.29) is 17.8 Å². The summed E-state index contributed by atoms with van der Waals surface area (Å²) >= 11 is 0. The first-order valence-corrected chi connectivity index (χ1v) is 5.48. The van der Waals surface area contributed by atoms with E-state index in [1.807, 2.05) is 0 Å². The zero-order chi connectivity index (χ0) is 14.5. The van der Waals surface area contributed by atoms with Crippen molar-refractivity contribution >= 4 is 17.7 Å². The topological polar surface area (TPSA) is 120 Å². The van der Waals surface area contributed by atoms with Gasteiger partial charge in [0.1, 0.15) is 18.0 Å². The zero-order valence-electron chi connectivity index (χ0n) is 10.1. The summed E-state index contributed by atoms with van der Waals surface area (Å²) in [6, 6.07) is 2.42. The van der Waals surface area contributed by atoms with E-state index >= 15 is 0 Å². The van der Waals surface area contributed by atoms with E-state index in [1.165, 1.54) is 6.33 Å². The summed E-state index contributed by atoms with van der Waals surface area (Å²) in [6.07, 6.45) is 1.28. The van der Waals surface area contributed by atoms with Gasteiger partial charge in [-0.1, -0.05) is 0 Å². The number of carbonyl (C=O) groups excluding carboxylic acids is 1. The summed E-state index contributed by atoms with van der Waals surface area (Å²) in [5.41, 5.74) is -0.350. The van der Waals surface area contributed by atoms with E-state index in [0.717, 1.165) is 18.2 Å². The lowest BCUT2D eigenvalue weighted by molar-refractivity contribution is 0.0697. The highest BCUT2D eigenvalue weighted by molar-refractivity contribution is 5.93. The number of carboxylic acids is 1. The number of benzene rings is 1. The number of aromatic nitrogens is 3. The van der Waals surface area contributed by atoms with E-state index in [9.17, 15) is 14.0 Å². The molecule has 0 fully saturated rings. The maximum atomic E-state index is 13.4. The van der Waals surface area contributed by atoms with Crippen molar-refractivity contribution in [1.82, 2.24) is 20.5 Å². The molecule has 0 aliphatic heterocycles. The lowest BCUT2D eigenvalue weighted by Gasteiger charge is -2.08. The van der Waals surface area contributed by atoms with Gasteiger partial charge in [-0.2, -0.15) is 5.10 Å². The number of hydrogen-bond donors (Lipinski definition) is 4. The first-order chi connectivity index (χ1) is 9.56. The molecule has 8 nitrogen and oxygen atoms in total. The van der Waals surface area contributed by atoms with Crippen LogP contribution in [-0.2, 0) is 6.54 Å². The molecule has 1 heterocycles. The largest absolute Gasteiger partial charge is 0.478 e. The molecule has 1 aromatic heterocycles. The minimum absolute atomic E-state index is 0.0755. The van der Waals surface area contributed by atoms with Gasteiger partial charge in [-0.05, 0) is 18.2 Å². The first-order valence-electron chi connectivity index (χ1n) is 5.48. The molecule has 20 heavy (non-hydrogen) atoms. The summed E-state index contributed by atoms with van der Waals surface area (Å²) in [6.45, 7) is 0.0755. The van der Waals surface area contributed by atoms with Crippen molar-refractivity contribution in [2.24, 2.45) is 0 Å². The third-order valence-corrected chi connectivity index (χ3v) is 2.34. The van der Waals surface area contributed by atoms with Gasteiger partial charge in [0.05, 0.1) is 17.8 Å². The van der Waals surface area contributed by atoms with Gasteiger partial charge in [0.15, 0.2) is 0 Å². The fourth-order valence-corrected chi connectivity index (χ4v) is 1.40. The molecule has 0 radical (unpaired) electrons. The molecule has 0 spiro atoms. The van der Waals surface area contributed by atoms with Crippen molar-refractivity contribution in [3.63, 3.8) is 0 Å². The molecule has 2 rings (SSSR count). The second-order valence-electron chi connectivity index (χ2n) is 3.74. The fourth-order valence-electron chi connectivity index (χ4n) is 1.40. The van der Waals surface area contributed by atoms with E-state index in [0.29, 0.717) is 5.82 Å². The highest BCUT2D eigenvalue weighted by Gasteiger charge is 2.11. The Morgan fingerprint density at radius 1 is 1.40 bits per heavy atom. The number of halogens is 1. The van der Waals surface area contributed by atoms with Crippen molar-refractivity contribution in [3.05, 3.63) is 41.7 Å². The molecule has 2 amide bonds. The van der Waals surface area contributed by atoms with Gasteiger partial charge in [0.2, 0.25) is 0 Å². The van der Waals surface area contributed by atoms with Crippen LogP contribution < -0.4 is 10.6 Å². The molecule has 0 atom stereocenters. The van der Waals surface area contributed by atoms with Gasteiger partial charge < -0.3 is 15.7 Å². The standard InChI is InChI=1S/C11H10FN5O3/c12-7-2-1-6(10(18)19)3-8(7)16-11(20)13-4-9-14-5-15-17-9/h1-3,5H,4H2,(H,18,19)(H2,13,16,20)(H,14,15,17). The van der Waals surface area contributed by atoms with Gasteiger partial charge >= 0.3 is 12.0 Å². The van der Waals surface area contributed by atoms with Gasteiger partial charge in [0, 0.05) is 0 Å². The highest BCUT2D eigenvalue weighted by atomic mass is 19.1. The number of amides is 2. The van der Waals surface area contributed by atoms with Crippen LogP contribution in [0.4, 0.5) is 14.9 Å². The van der Waals surface area contributed by atoms with E-state index in [1.54, 1.807) is 0 Å². The Bertz CT molecular complexity index is 629. The second-order valence-corrected chi connectivity index (χ2v) is 3.74. The Hall–Kier alpha value is -2.97. The monoisotopic (exact) mass is 279 g/mol. The van der Waals surface area contributed by atoms with Gasteiger partial charge in [-0.25, -0.2) is 19.0 Å². The molecule has 0 saturated carbocycles. The molecule has 0 aliphatic rings. The Morgan fingerprint density at radius 2 is 2.20 bits per heavy atom. The van der Waals surface area contributed by atoms with Crippen LogP contribution in [0.5, 0.6) is 0 Å². The number of aromatic amines is 1. The van der Waals surface area contributed by atoms with Crippen LogP contribution in [-0.4, -0.2) is 32.3 Å². The molecule has 4 N–H and O–H groups in total.